The summed E-state index contributed by atoms with van der Waals surface area (Å²) in [7, 11) is 1.58. The first-order valence-electron chi connectivity index (χ1n) is 12.0. The number of aromatic nitrogens is 2. The number of rotatable bonds is 4. The smallest absolute Gasteiger partial charge is 0.217 e. The van der Waals surface area contributed by atoms with Crippen molar-refractivity contribution in [3.63, 3.8) is 0 Å². The number of H-pyrrole nitrogens is 2. The molecule has 0 spiro atoms. The molecule has 0 aliphatic heterocycles. The van der Waals surface area contributed by atoms with Crippen LogP contribution >= 0.6 is 23.2 Å². The van der Waals surface area contributed by atoms with Gasteiger partial charge in [0.05, 0.1) is 23.9 Å². The zero-order valence-electron chi connectivity index (χ0n) is 20.8. The van der Waals surface area contributed by atoms with Gasteiger partial charge in [-0.15, -0.1) is 0 Å². The van der Waals surface area contributed by atoms with Crippen molar-refractivity contribution < 1.29 is 14.3 Å². The molecule has 0 atom stereocenters. The third kappa shape index (κ3) is 3.62. The Morgan fingerprint density at radius 1 is 0.711 bits per heavy atom. The Kier molecular flexibility index (Phi) is 5.78. The minimum atomic E-state index is -0.588. The largest absolute Gasteiger partial charge is 0.497 e. The summed E-state index contributed by atoms with van der Waals surface area (Å²) in [5, 5.41) is 1.11. The standard InChI is InChI=1S/C31H22Cl2N2O3/c1-15-8-10-17(11-9-15)29-24(19-6-4-5-7-21(19)35-29)26-28(33)31(37)27(32)25(30(26)36)23-16(2)34-22-13-12-18(38-3)14-20(22)23/h4-14,34-35H,1-3H3. The number of Topliss-reactive ketones (excluding diaryl/α,β-unsaturated/α-hetero) is 2. The lowest BCUT2D eigenvalue weighted by Gasteiger charge is -2.20. The number of carbonyl (C=O) groups is 2. The van der Waals surface area contributed by atoms with Crippen molar-refractivity contribution in [2.45, 2.75) is 13.8 Å². The van der Waals surface area contributed by atoms with E-state index < -0.39 is 11.6 Å². The zero-order chi connectivity index (χ0) is 26.7. The summed E-state index contributed by atoms with van der Waals surface area (Å²) in [6.45, 7) is 3.86. The van der Waals surface area contributed by atoms with E-state index in [2.05, 4.69) is 9.97 Å². The molecular weight excluding hydrogens is 519 g/mol. The Morgan fingerprint density at radius 2 is 1.37 bits per heavy atom. The van der Waals surface area contributed by atoms with Crippen LogP contribution in [0.2, 0.25) is 0 Å². The maximum Gasteiger partial charge on any atom is 0.217 e. The van der Waals surface area contributed by atoms with Gasteiger partial charge in [0, 0.05) is 38.6 Å². The second-order valence-corrected chi connectivity index (χ2v) is 10.1. The molecule has 1 aliphatic carbocycles. The predicted molar refractivity (Wildman–Crippen MR) is 154 cm³/mol. The van der Waals surface area contributed by atoms with Crippen LogP contribution in [-0.2, 0) is 9.59 Å². The molecule has 2 aromatic heterocycles. The molecule has 0 radical (unpaired) electrons. The van der Waals surface area contributed by atoms with E-state index in [0.29, 0.717) is 28.3 Å². The van der Waals surface area contributed by atoms with Crippen molar-refractivity contribution in [1.82, 2.24) is 9.97 Å². The number of carbonyl (C=O) groups excluding carboxylic acids is 2. The Bertz CT molecular complexity index is 1870. The summed E-state index contributed by atoms with van der Waals surface area (Å²) < 4.78 is 5.42. The fourth-order valence-corrected chi connectivity index (χ4v) is 5.79. The molecule has 5 nitrogen and oxygen atoms in total. The van der Waals surface area contributed by atoms with E-state index in [9.17, 15) is 9.59 Å². The summed E-state index contributed by atoms with van der Waals surface area (Å²) >= 11 is 13.3. The number of aryl methyl sites for hydroxylation is 2. The first kappa shape index (κ1) is 24.3. The maximum absolute atomic E-state index is 14.4. The number of nitrogens with one attached hydrogen (secondary N) is 2. The SMILES string of the molecule is COc1ccc2[nH]c(C)c(C3=C(Cl)C(=O)C(Cl)=C(c4c(-c5ccc(C)cc5)[nH]c5ccccc45)C3=O)c2c1. The van der Waals surface area contributed by atoms with Gasteiger partial charge in [0.15, 0.2) is 5.78 Å². The lowest BCUT2D eigenvalue weighted by molar-refractivity contribution is -0.113. The quantitative estimate of drug-likeness (QED) is 0.229. The van der Waals surface area contributed by atoms with Crippen LogP contribution in [0.5, 0.6) is 5.75 Å². The average molecular weight is 541 g/mol. The Morgan fingerprint density at radius 3 is 2.08 bits per heavy atom. The van der Waals surface area contributed by atoms with Crippen molar-refractivity contribution in [2.24, 2.45) is 0 Å². The van der Waals surface area contributed by atoms with Gasteiger partial charge in [0.2, 0.25) is 5.78 Å². The van der Waals surface area contributed by atoms with Crippen molar-refractivity contribution in [1.29, 1.82) is 0 Å². The number of aromatic amines is 2. The summed E-state index contributed by atoms with van der Waals surface area (Å²) in [4.78, 5) is 34.7. The number of hydrogen-bond acceptors (Lipinski definition) is 3. The fraction of sp³-hybridized carbons (Fsp3) is 0.0968. The summed E-state index contributed by atoms with van der Waals surface area (Å²) in [5.41, 5.74) is 6.38. The molecule has 188 valence electrons. The third-order valence-electron chi connectivity index (χ3n) is 7.03. The molecule has 38 heavy (non-hydrogen) atoms. The topological polar surface area (TPSA) is 75.0 Å². The predicted octanol–water partition coefficient (Wildman–Crippen LogP) is 7.69. The van der Waals surface area contributed by atoms with Gasteiger partial charge in [0.1, 0.15) is 15.8 Å². The van der Waals surface area contributed by atoms with Gasteiger partial charge in [-0.2, -0.15) is 0 Å². The fourth-order valence-electron chi connectivity index (χ4n) is 5.19. The minimum Gasteiger partial charge on any atom is -0.497 e. The molecule has 0 amide bonds. The summed E-state index contributed by atoms with van der Waals surface area (Å²) in [6.07, 6.45) is 0. The highest BCUT2D eigenvalue weighted by Crippen LogP contribution is 2.46. The van der Waals surface area contributed by atoms with Gasteiger partial charge in [0.25, 0.3) is 0 Å². The van der Waals surface area contributed by atoms with Crippen LogP contribution in [0.4, 0.5) is 0 Å². The molecule has 2 heterocycles. The molecule has 1 aliphatic rings. The Hall–Kier alpha value is -4.06. The van der Waals surface area contributed by atoms with E-state index in [1.54, 1.807) is 7.11 Å². The zero-order valence-corrected chi connectivity index (χ0v) is 22.3. The number of methoxy groups -OCH3 is 1. The number of para-hydroxylation sites is 1. The van der Waals surface area contributed by atoms with E-state index in [1.165, 1.54) is 0 Å². The molecule has 6 rings (SSSR count). The van der Waals surface area contributed by atoms with E-state index in [1.807, 2.05) is 80.6 Å². The lowest BCUT2D eigenvalue weighted by Crippen LogP contribution is -2.19. The van der Waals surface area contributed by atoms with Crippen molar-refractivity contribution >= 4 is 67.7 Å². The van der Waals surface area contributed by atoms with Crippen LogP contribution in [0.15, 0.2) is 76.8 Å². The number of halogens is 2. The van der Waals surface area contributed by atoms with Crippen LogP contribution < -0.4 is 4.74 Å². The highest BCUT2D eigenvalue weighted by Gasteiger charge is 2.38. The normalized spacial score (nSPS) is 14.3. The number of allylic oxidation sites excluding steroid dienone is 4. The van der Waals surface area contributed by atoms with Crippen LogP contribution in [0.3, 0.4) is 0 Å². The Balaban J connectivity index is 1.63. The van der Waals surface area contributed by atoms with Crippen LogP contribution in [-0.4, -0.2) is 28.6 Å². The van der Waals surface area contributed by atoms with Crippen LogP contribution in [0, 0.1) is 13.8 Å². The summed E-state index contributed by atoms with van der Waals surface area (Å²) in [5.74, 6) is -0.379. The molecule has 5 aromatic rings. The number of benzene rings is 3. The molecule has 0 unspecified atom stereocenters. The van der Waals surface area contributed by atoms with Crippen molar-refractivity contribution in [3.05, 3.63) is 99.2 Å². The third-order valence-corrected chi connectivity index (χ3v) is 7.75. The number of fused-ring (bicyclic) bond motifs is 2. The average Bonchev–Trinajstić information content (AvgIpc) is 3.45. The van der Waals surface area contributed by atoms with Crippen LogP contribution in [0.25, 0.3) is 44.2 Å². The molecule has 2 N–H and O–H groups in total. The molecular formula is C31H22Cl2N2O3. The second kappa shape index (κ2) is 9.05. The van der Waals surface area contributed by atoms with E-state index in [4.69, 9.17) is 27.9 Å². The number of ether oxygens (including phenoxy) is 1. The molecule has 3 aromatic carbocycles. The van der Waals surface area contributed by atoms with Gasteiger partial charge in [-0.3, -0.25) is 9.59 Å². The number of ketones is 2. The van der Waals surface area contributed by atoms with E-state index in [0.717, 1.165) is 32.9 Å². The molecule has 0 bridgehead atoms. The first-order chi connectivity index (χ1) is 18.3. The van der Waals surface area contributed by atoms with Gasteiger partial charge < -0.3 is 14.7 Å². The summed E-state index contributed by atoms with van der Waals surface area (Å²) in [6, 6.07) is 21.1. The maximum atomic E-state index is 14.4. The van der Waals surface area contributed by atoms with Gasteiger partial charge in [-0.1, -0.05) is 71.2 Å². The van der Waals surface area contributed by atoms with Crippen molar-refractivity contribution in [2.75, 3.05) is 7.11 Å². The number of hydrogen-bond donors (Lipinski definition) is 2. The van der Waals surface area contributed by atoms with E-state index in [-0.39, 0.29) is 21.2 Å². The monoisotopic (exact) mass is 540 g/mol. The van der Waals surface area contributed by atoms with Crippen molar-refractivity contribution in [3.8, 4) is 17.0 Å². The molecule has 0 saturated heterocycles. The molecule has 0 fully saturated rings. The second-order valence-electron chi connectivity index (χ2n) is 9.36. The first-order valence-corrected chi connectivity index (χ1v) is 12.8. The molecule has 0 saturated carbocycles. The lowest BCUT2D eigenvalue weighted by atomic mass is 9.84. The Labute approximate surface area is 228 Å². The van der Waals surface area contributed by atoms with Gasteiger partial charge in [-0.05, 0) is 43.7 Å². The minimum absolute atomic E-state index is 0.119. The highest BCUT2D eigenvalue weighted by atomic mass is 35.5. The highest BCUT2D eigenvalue weighted by molar-refractivity contribution is 6.69. The van der Waals surface area contributed by atoms with Crippen LogP contribution in [0.1, 0.15) is 22.4 Å². The van der Waals surface area contributed by atoms with E-state index >= 15 is 0 Å². The molecule has 7 heteroatoms. The van der Waals surface area contributed by atoms with Gasteiger partial charge in [-0.25, -0.2) is 0 Å². The van der Waals surface area contributed by atoms with Gasteiger partial charge >= 0.3 is 0 Å².